The molecule has 0 radical (unpaired) electrons. The molecular weight excluding hydrogens is 357 g/mol. The lowest BCUT2D eigenvalue weighted by atomic mass is 10.1. The summed E-state index contributed by atoms with van der Waals surface area (Å²) in [6.07, 6.45) is 1.53. The molecule has 4 rings (SSSR count). The summed E-state index contributed by atoms with van der Waals surface area (Å²) >= 11 is 5.94. The number of urea groups is 1. The number of rotatable bonds is 2. The minimum atomic E-state index is -0.322. The predicted molar refractivity (Wildman–Crippen MR) is 97.8 cm³/mol. The van der Waals surface area contributed by atoms with Gasteiger partial charge in [-0.15, -0.1) is 5.10 Å². The van der Waals surface area contributed by atoms with Gasteiger partial charge in [-0.25, -0.2) is 13.9 Å². The Kier molecular flexibility index (Phi) is 4.46. The molecular formula is C18H17ClFN5O. The molecule has 1 aliphatic heterocycles. The van der Waals surface area contributed by atoms with E-state index in [0.717, 1.165) is 18.4 Å². The molecule has 8 heteroatoms. The number of nitrogens with zero attached hydrogens (tertiary/aromatic N) is 4. The van der Waals surface area contributed by atoms with Gasteiger partial charge in [-0.3, -0.25) is 0 Å². The number of carbonyl (C=O) groups excluding carboxylic acids is 1. The molecule has 1 aromatic heterocycles. The Balaban J connectivity index is 1.41. The molecule has 2 amide bonds. The molecule has 1 N–H and O–H groups in total. The van der Waals surface area contributed by atoms with Crippen LogP contribution in [0, 0.1) is 5.82 Å². The molecule has 26 heavy (non-hydrogen) atoms. The Morgan fingerprint density at radius 3 is 2.77 bits per heavy atom. The fourth-order valence-electron chi connectivity index (χ4n) is 3.27. The molecule has 0 saturated carbocycles. The van der Waals surface area contributed by atoms with E-state index >= 15 is 0 Å². The maximum atomic E-state index is 13.3. The highest BCUT2D eigenvalue weighted by atomic mass is 35.5. The first-order valence-corrected chi connectivity index (χ1v) is 8.80. The van der Waals surface area contributed by atoms with Crippen LogP contribution in [0.3, 0.4) is 0 Å². The highest BCUT2D eigenvalue weighted by molar-refractivity contribution is 6.30. The van der Waals surface area contributed by atoms with E-state index in [1.165, 1.54) is 12.1 Å². The minimum Gasteiger partial charge on any atom is -0.324 e. The lowest BCUT2D eigenvalue weighted by molar-refractivity contribution is 0.181. The van der Waals surface area contributed by atoms with E-state index < -0.39 is 0 Å². The van der Waals surface area contributed by atoms with Gasteiger partial charge in [0.1, 0.15) is 11.3 Å². The normalized spacial score (nSPS) is 15.4. The number of amides is 2. The van der Waals surface area contributed by atoms with E-state index in [9.17, 15) is 9.18 Å². The minimum absolute atomic E-state index is 0.140. The smallest absolute Gasteiger partial charge is 0.321 e. The van der Waals surface area contributed by atoms with Gasteiger partial charge in [0.05, 0.1) is 11.6 Å². The van der Waals surface area contributed by atoms with Gasteiger partial charge in [0, 0.05) is 29.9 Å². The van der Waals surface area contributed by atoms with Gasteiger partial charge in [0.2, 0.25) is 0 Å². The van der Waals surface area contributed by atoms with Crippen LogP contribution in [0.25, 0.3) is 11.0 Å². The number of halogens is 2. The van der Waals surface area contributed by atoms with Crippen LogP contribution >= 0.6 is 11.6 Å². The Morgan fingerprint density at radius 2 is 2.00 bits per heavy atom. The Labute approximate surface area is 154 Å². The van der Waals surface area contributed by atoms with Gasteiger partial charge in [0.25, 0.3) is 0 Å². The van der Waals surface area contributed by atoms with Gasteiger partial charge in [-0.05, 0) is 43.2 Å². The van der Waals surface area contributed by atoms with E-state index in [4.69, 9.17) is 11.6 Å². The second-order valence-corrected chi connectivity index (χ2v) is 6.76. The topological polar surface area (TPSA) is 63.1 Å². The molecule has 0 spiro atoms. The molecule has 0 unspecified atom stereocenters. The van der Waals surface area contributed by atoms with Crippen LogP contribution in [-0.2, 0) is 0 Å². The van der Waals surface area contributed by atoms with Gasteiger partial charge in [-0.1, -0.05) is 22.9 Å². The Hall–Kier alpha value is -2.67. The summed E-state index contributed by atoms with van der Waals surface area (Å²) in [5.74, 6) is -0.322. The fraction of sp³-hybridized carbons (Fsp3) is 0.278. The van der Waals surface area contributed by atoms with E-state index in [0.29, 0.717) is 29.3 Å². The quantitative estimate of drug-likeness (QED) is 0.735. The van der Waals surface area contributed by atoms with E-state index in [1.807, 2.05) is 4.68 Å². The van der Waals surface area contributed by atoms with Crippen molar-refractivity contribution in [1.82, 2.24) is 19.9 Å². The van der Waals surface area contributed by atoms with Gasteiger partial charge >= 0.3 is 6.03 Å². The molecule has 0 aliphatic carbocycles. The summed E-state index contributed by atoms with van der Waals surface area (Å²) in [7, 11) is 0. The van der Waals surface area contributed by atoms with E-state index in [1.54, 1.807) is 35.2 Å². The zero-order valence-electron chi connectivity index (χ0n) is 13.9. The SMILES string of the molecule is O=C(Nc1cccc(Cl)c1)N1CCC(n2nnc3cc(F)ccc32)CC1. The summed E-state index contributed by atoms with van der Waals surface area (Å²) in [6, 6.07) is 11.6. The lowest BCUT2D eigenvalue weighted by Crippen LogP contribution is -2.41. The van der Waals surface area contributed by atoms with Crippen LogP contribution in [0.5, 0.6) is 0 Å². The van der Waals surface area contributed by atoms with Crippen molar-refractivity contribution in [2.45, 2.75) is 18.9 Å². The number of benzene rings is 2. The molecule has 1 aliphatic rings. The fourth-order valence-corrected chi connectivity index (χ4v) is 3.46. The number of hydrogen-bond acceptors (Lipinski definition) is 3. The molecule has 0 bridgehead atoms. The highest BCUT2D eigenvalue weighted by Crippen LogP contribution is 2.26. The highest BCUT2D eigenvalue weighted by Gasteiger charge is 2.25. The molecule has 1 saturated heterocycles. The van der Waals surface area contributed by atoms with Crippen molar-refractivity contribution in [2.75, 3.05) is 18.4 Å². The van der Waals surface area contributed by atoms with Crippen molar-refractivity contribution in [1.29, 1.82) is 0 Å². The van der Waals surface area contributed by atoms with Gasteiger partial charge in [-0.2, -0.15) is 0 Å². The number of piperidine rings is 1. The van der Waals surface area contributed by atoms with Crippen molar-refractivity contribution in [2.24, 2.45) is 0 Å². The zero-order chi connectivity index (χ0) is 18.1. The number of nitrogens with one attached hydrogen (secondary N) is 1. The van der Waals surface area contributed by atoms with Crippen LogP contribution < -0.4 is 5.32 Å². The third-order valence-corrected chi connectivity index (χ3v) is 4.84. The number of carbonyl (C=O) groups is 1. The number of likely N-dealkylation sites (tertiary alicyclic amines) is 1. The van der Waals surface area contributed by atoms with Crippen LogP contribution in [0.15, 0.2) is 42.5 Å². The monoisotopic (exact) mass is 373 g/mol. The molecule has 2 aromatic carbocycles. The first kappa shape index (κ1) is 16.8. The maximum Gasteiger partial charge on any atom is 0.321 e. The largest absolute Gasteiger partial charge is 0.324 e. The average Bonchev–Trinajstić information content (AvgIpc) is 3.05. The second kappa shape index (κ2) is 6.92. The third kappa shape index (κ3) is 3.35. The predicted octanol–water partition coefficient (Wildman–Crippen LogP) is 4.09. The molecule has 1 fully saturated rings. The summed E-state index contributed by atoms with van der Waals surface area (Å²) in [5, 5.41) is 11.7. The first-order valence-electron chi connectivity index (χ1n) is 8.42. The van der Waals surface area contributed by atoms with Crippen molar-refractivity contribution >= 4 is 34.4 Å². The molecule has 3 aromatic rings. The van der Waals surface area contributed by atoms with Crippen molar-refractivity contribution in [3.05, 3.63) is 53.3 Å². The summed E-state index contributed by atoms with van der Waals surface area (Å²) in [4.78, 5) is 14.2. The Bertz CT molecular complexity index is 952. The molecule has 134 valence electrons. The van der Waals surface area contributed by atoms with E-state index in [-0.39, 0.29) is 17.9 Å². The second-order valence-electron chi connectivity index (χ2n) is 6.33. The molecule has 0 atom stereocenters. The summed E-state index contributed by atoms with van der Waals surface area (Å²) < 4.78 is 15.1. The van der Waals surface area contributed by atoms with Crippen LogP contribution in [0.4, 0.5) is 14.9 Å². The first-order chi connectivity index (χ1) is 12.6. The van der Waals surface area contributed by atoms with Gasteiger partial charge in [0.15, 0.2) is 0 Å². The van der Waals surface area contributed by atoms with E-state index in [2.05, 4.69) is 15.6 Å². The molecule has 6 nitrogen and oxygen atoms in total. The van der Waals surface area contributed by atoms with Crippen LogP contribution in [0.1, 0.15) is 18.9 Å². The van der Waals surface area contributed by atoms with Crippen LogP contribution in [-0.4, -0.2) is 39.0 Å². The summed E-state index contributed by atoms with van der Waals surface area (Å²) in [6.45, 7) is 1.22. The number of fused-ring (bicyclic) bond motifs is 1. The average molecular weight is 374 g/mol. The standard InChI is InChI=1S/C18H17ClFN5O/c19-12-2-1-3-14(10-12)21-18(26)24-8-6-15(7-9-24)25-17-5-4-13(20)11-16(17)22-23-25/h1-5,10-11,15H,6-9H2,(H,21,26). The number of anilines is 1. The van der Waals surface area contributed by atoms with Crippen molar-refractivity contribution < 1.29 is 9.18 Å². The van der Waals surface area contributed by atoms with Crippen LogP contribution in [0.2, 0.25) is 5.02 Å². The molecule has 2 heterocycles. The third-order valence-electron chi connectivity index (χ3n) is 4.61. The maximum absolute atomic E-state index is 13.3. The Morgan fingerprint density at radius 1 is 1.19 bits per heavy atom. The van der Waals surface area contributed by atoms with Gasteiger partial charge < -0.3 is 10.2 Å². The zero-order valence-corrected chi connectivity index (χ0v) is 14.7. The number of aromatic nitrogens is 3. The number of hydrogen-bond donors (Lipinski definition) is 1. The van der Waals surface area contributed by atoms with Crippen molar-refractivity contribution in [3.63, 3.8) is 0 Å². The van der Waals surface area contributed by atoms with Crippen molar-refractivity contribution in [3.8, 4) is 0 Å². The lowest BCUT2D eigenvalue weighted by Gasteiger charge is -2.32. The summed E-state index contributed by atoms with van der Waals surface area (Å²) in [5.41, 5.74) is 2.04.